The van der Waals surface area contributed by atoms with Crippen molar-refractivity contribution in [3.8, 4) is 23.0 Å². The predicted molar refractivity (Wildman–Crippen MR) is 122 cm³/mol. The Bertz CT molecular complexity index is 1360. The number of hydrogen-bond donors (Lipinski definition) is 1. The normalized spacial score (nSPS) is 11.3. The zero-order valence-corrected chi connectivity index (χ0v) is 17.8. The first-order valence-corrected chi connectivity index (χ1v) is 10.0. The van der Waals surface area contributed by atoms with E-state index in [2.05, 4.69) is 9.98 Å². The van der Waals surface area contributed by atoms with Gasteiger partial charge in [-0.15, -0.1) is 0 Å². The molecule has 32 heavy (non-hydrogen) atoms. The molecular formula is C24H21N3O5. The van der Waals surface area contributed by atoms with Gasteiger partial charge in [-0.1, -0.05) is 6.07 Å². The number of benzene rings is 3. The molecule has 8 nitrogen and oxygen atoms in total. The Morgan fingerprint density at radius 2 is 1.97 bits per heavy atom. The number of aryl methyl sites for hydroxylation is 2. The van der Waals surface area contributed by atoms with E-state index in [1.165, 1.54) is 23.9 Å². The maximum Gasteiger partial charge on any atom is 0.274 e. The summed E-state index contributed by atoms with van der Waals surface area (Å²) in [7, 11) is 0. The van der Waals surface area contributed by atoms with Gasteiger partial charge in [0.05, 0.1) is 23.3 Å². The molecule has 0 aliphatic rings. The summed E-state index contributed by atoms with van der Waals surface area (Å²) in [6.45, 7) is 6.07. The molecule has 0 unspecified atom stereocenters. The zero-order chi connectivity index (χ0) is 22.8. The van der Waals surface area contributed by atoms with Crippen LogP contribution in [0.25, 0.3) is 22.6 Å². The molecular weight excluding hydrogens is 410 g/mol. The summed E-state index contributed by atoms with van der Waals surface area (Å²) in [5, 5.41) is 21.6. The number of aromatic hydroxyl groups is 1. The van der Waals surface area contributed by atoms with Crippen LogP contribution in [0, 0.1) is 24.0 Å². The van der Waals surface area contributed by atoms with Crippen LogP contribution in [0.4, 0.5) is 11.4 Å². The summed E-state index contributed by atoms with van der Waals surface area (Å²) in [5.41, 5.74) is 5.02. The topological polar surface area (TPSA) is 111 Å². The Kier molecular flexibility index (Phi) is 5.59. The van der Waals surface area contributed by atoms with Crippen molar-refractivity contribution in [1.29, 1.82) is 0 Å². The van der Waals surface area contributed by atoms with Gasteiger partial charge in [0, 0.05) is 23.4 Å². The number of ether oxygens (including phenoxy) is 1. The molecule has 4 rings (SSSR count). The third-order valence-electron chi connectivity index (χ3n) is 5.08. The first-order valence-electron chi connectivity index (χ1n) is 10.0. The van der Waals surface area contributed by atoms with Gasteiger partial charge >= 0.3 is 0 Å². The van der Waals surface area contributed by atoms with E-state index >= 15 is 0 Å². The minimum atomic E-state index is -0.547. The summed E-state index contributed by atoms with van der Waals surface area (Å²) < 4.78 is 11.2. The number of non-ortho nitro benzene ring substituents is 1. The van der Waals surface area contributed by atoms with Crippen LogP contribution in [0.15, 0.2) is 57.9 Å². The number of rotatable bonds is 6. The molecule has 4 aromatic rings. The highest BCUT2D eigenvalue weighted by Gasteiger charge is 2.16. The second kappa shape index (κ2) is 8.50. The molecule has 1 aromatic heterocycles. The SMILES string of the molecule is CCOc1cc([N+](=O)[O-])cc(C=Nc2ccc3oc(-c4ccc(C)c(C)c4)nc3c2)c1O. The van der Waals surface area contributed by atoms with Crippen LogP contribution in [0.5, 0.6) is 11.5 Å². The Labute approximate surface area is 184 Å². The summed E-state index contributed by atoms with van der Waals surface area (Å²) in [4.78, 5) is 19.6. The first kappa shape index (κ1) is 21.0. The quantitative estimate of drug-likeness (QED) is 0.232. The zero-order valence-electron chi connectivity index (χ0n) is 17.8. The number of nitrogens with zero attached hydrogens (tertiary/aromatic N) is 3. The number of oxazole rings is 1. The van der Waals surface area contributed by atoms with Gasteiger partial charge < -0.3 is 14.3 Å². The van der Waals surface area contributed by atoms with E-state index in [1.807, 2.05) is 32.0 Å². The lowest BCUT2D eigenvalue weighted by Gasteiger charge is -2.07. The van der Waals surface area contributed by atoms with Crippen LogP contribution in [-0.4, -0.2) is 27.8 Å². The van der Waals surface area contributed by atoms with Crippen molar-refractivity contribution in [2.24, 2.45) is 4.99 Å². The van der Waals surface area contributed by atoms with Crippen LogP contribution in [0.2, 0.25) is 0 Å². The van der Waals surface area contributed by atoms with E-state index in [9.17, 15) is 15.2 Å². The fraction of sp³-hybridized carbons (Fsp3) is 0.167. The standard InChI is InChI=1S/C24H21N3O5/c1-4-31-22-12-19(27(29)30)10-17(23(22)28)13-25-18-7-8-21-20(11-18)26-24(32-21)16-6-5-14(2)15(3)9-16/h5-13,28H,4H2,1-3H3. The van der Waals surface area contributed by atoms with Crippen LogP contribution in [0.3, 0.4) is 0 Å². The van der Waals surface area contributed by atoms with Gasteiger partial charge in [-0.25, -0.2) is 4.98 Å². The molecule has 0 atom stereocenters. The van der Waals surface area contributed by atoms with Gasteiger partial charge in [-0.3, -0.25) is 15.1 Å². The molecule has 8 heteroatoms. The third-order valence-corrected chi connectivity index (χ3v) is 5.08. The minimum absolute atomic E-state index is 0.0353. The van der Waals surface area contributed by atoms with E-state index in [0.29, 0.717) is 22.7 Å². The monoisotopic (exact) mass is 431 g/mol. The molecule has 0 saturated heterocycles. The molecule has 1 N–H and O–H groups in total. The highest BCUT2D eigenvalue weighted by molar-refractivity contribution is 5.89. The van der Waals surface area contributed by atoms with Crippen LogP contribution >= 0.6 is 0 Å². The number of aliphatic imine (C=N–C) groups is 1. The molecule has 0 amide bonds. The number of nitro benzene ring substituents is 1. The summed E-state index contributed by atoms with van der Waals surface area (Å²) in [6.07, 6.45) is 1.36. The minimum Gasteiger partial charge on any atom is -0.504 e. The Balaban J connectivity index is 1.67. The van der Waals surface area contributed by atoms with Gasteiger partial charge in [0.25, 0.3) is 5.69 Å². The molecule has 0 fully saturated rings. The van der Waals surface area contributed by atoms with E-state index in [4.69, 9.17) is 9.15 Å². The smallest absolute Gasteiger partial charge is 0.274 e. The average molecular weight is 431 g/mol. The third kappa shape index (κ3) is 4.15. The molecule has 0 saturated carbocycles. The number of aromatic nitrogens is 1. The van der Waals surface area contributed by atoms with Crippen molar-refractivity contribution in [3.05, 3.63) is 75.3 Å². The van der Waals surface area contributed by atoms with Gasteiger partial charge in [0.1, 0.15) is 5.52 Å². The van der Waals surface area contributed by atoms with Gasteiger partial charge in [0.15, 0.2) is 17.1 Å². The lowest BCUT2D eigenvalue weighted by Crippen LogP contribution is -1.97. The number of nitro groups is 1. The maximum absolute atomic E-state index is 11.2. The Hall–Kier alpha value is -4.20. The first-order chi connectivity index (χ1) is 15.4. The van der Waals surface area contributed by atoms with Crippen molar-refractivity contribution in [1.82, 2.24) is 4.98 Å². The summed E-state index contributed by atoms with van der Waals surface area (Å²) >= 11 is 0. The molecule has 0 aliphatic heterocycles. The number of phenols is 1. The second-order valence-electron chi connectivity index (χ2n) is 7.30. The molecule has 0 bridgehead atoms. The van der Waals surface area contributed by atoms with Crippen molar-refractivity contribution in [3.63, 3.8) is 0 Å². The Morgan fingerprint density at radius 3 is 2.69 bits per heavy atom. The lowest BCUT2D eigenvalue weighted by atomic mass is 10.1. The largest absolute Gasteiger partial charge is 0.504 e. The van der Waals surface area contributed by atoms with E-state index in [1.54, 1.807) is 25.1 Å². The number of fused-ring (bicyclic) bond motifs is 1. The van der Waals surface area contributed by atoms with Crippen LogP contribution < -0.4 is 4.74 Å². The van der Waals surface area contributed by atoms with Gasteiger partial charge in [0.2, 0.25) is 5.89 Å². The van der Waals surface area contributed by atoms with Crippen LogP contribution in [0.1, 0.15) is 23.6 Å². The van der Waals surface area contributed by atoms with Gasteiger partial charge in [-0.2, -0.15) is 0 Å². The lowest BCUT2D eigenvalue weighted by molar-refractivity contribution is -0.385. The predicted octanol–water partition coefficient (Wildman–Crippen LogP) is 5.87. The molecule has 3 aromatic carbocycles. The average Bonchev–Trinajstić information content (AvgIpc) is 3.19. The summed E-state index contributed by atoms with van der Waals surface area (Å²) in [6, 6.07) is 13.7. The Morgan fingerprint density at radius 1 is 1.16 bits per heavy atom. The molecule has 1 heterocycles. The van der Waals surface area contributed by atoms with E-state index in [-0.39, 0.29) is 29.4 Å². The maximum atomic E-state index is 11.2. The second-order valence-corrected chi connectivity index (χ2v) is 7.30. The highest BCUT2D eigenvalue weighted by Crippen LogP contribution is 2.34. The van der Waals surface area contributed by atoms with Crippen molar-refractivity contribution in [2.75, 3.05) is 6.61 Å². The summed E-state index contributed by atoms with van der Waals surface area (Å²) in [5.74, 6) is 0.343. The molecule has 0 aliphatic carbocycles. The molecule has 162 valence electrons. The van der Waals surface area contributed by atoms with Crippen molar-refractivity contribution < 1.29 is 19.2 Å². The molecule has 0 spiro atoms. The number of hydrogen-bond acceptors (Lipinski definition) is 7. The fourth-order valence-electron chi connectivity index (χ4n) is 3.22. The van der Waals surface area contributed by atoms with Crippen molar-refractivity contribution in [2.45, 2.75) is 20.8 Å². The van der Waals surface area contributed by atoms with Gasteiger partial charge in [-0.05, 0) is 62.2 Å². The van der Waals surface area contributed by atoms with Crippen molar-refractivity contribution >= 4 is 28.7 Å². The highest BCUT2D eigenvalue weighted by atomic mass is 16.6. The fourth-order valence-corrected chi connectivity index (χ4v) is 3.22. The number of phenolic OH excluding ortho intramolecular Hbond substituents is 1. The molecule has 0 radical (unpaired) electrons. The van der Waals surface area contributed by atoms with E-state index in [0.717, 1.165) is 11.1 Å². The van der Waals surface area contributed by atoms with E-state index < -0.39 is 4.92 Å². The van der Waals surface area contributed by atoms with Crippen LogP contribution in [-0.2, 0) is 0 Å².